The monoisotopic (exact) mass is 574 g/mol. The highest BCUT2D eigenvalue weighted by Crippen LogP contribution is 2.11. The van der Waals surface area contributed by atoms with Crippen LogP contribution in [-0.2, 0) is 4.79 Å². The van der Waals surface area contributed by atoms with Gasteiger partial charge in [0, 0.05) is 6.42 Å². The highest BCUT2D eigenvalue weighted by atomic mass is 16.3. The van der Waals surface area contributed by atoms with Gasteiger partial charge in [-0.05, 0) is 70.6 Å². The average Bonchev–Trinajstić information content (AvgIpc) is 2.97. The second kappa shape index (κ2) is 32.9. The molecule has 0 rings (SSSR count). The summed E-state index contributed by atoms with van der Waals surface area (Å²) in [6, 6.07) is -0.645. The lowest BCUT2D eigenvalue weighted by Gasteiger charge is -2.19. The minimum absolute atomic E-state index is 0.0871. The number of hydrogen-bond donors (Lipinski definition) is 3. The second-order valence-electron chi connectivity index (χ2n) is 11.6. The van der Waals surface area contributed by atoms with Crippen LogP contribution in [0.25, 0.3) is 0 Å². The van der Waals surface area contributed by atoms with Crippen molar-refractivity contribution >= 4 is 5.91 Å². The van der Waals surface area contributed by atoms with Gasteiger partial charge in [0.05, 0.1) is 18.8 Å². The number of amides is 1. The van der Waals surface area contributed by atoms with Gasteiger partial charge in [-0.25, -0.2) is 0 Å². The minimum atomic E-state index is -0.869. The molecule has 0 fully saturated rings. The topological polar surface area (TPSA) is 69.6 Å². The molecule has 0 aromatic rings. The first kappa shape index (κ1) is 39.4. The molecule has 4 heteroatoms. The summed E-state index contributed by atoms with van der Waals surface area (Å²) in [6.45, 7) is 4.23. The largest absolute Gasteiger partial charge is 0.394 e. The third kappa shape index (κ3) is 29.6. The number of carbonyl (C=O) groups is 1. The molecular formula is C37H67NO3. The molecule has 41 heavy (non-hydrogen) atoms. The van der Waals surface area contributed by atoms with Gasteiger partial charge in [0.15, 0.2) is 0 Å². The number of carbonyl (C=O) groups excluding carboxylic acids is 1. The highest BCUT2D eigenvalue weighted by molar-refractivity contribution is 5.76. The third-order valence-electron chi connectivity index (χ3n) is 7.51. The van der Waals surface area contributed by atoms with Gasteiger partial charge in [-0.2, -0.15) is 0 Å². The van der Waals surface area contributed by atoms with Crippen molar-refractivity contribution in [1.82, 2.24) is 5.32 Å². The fourth-order valence-corrected chi connectivity index (χ4v) is 4.79. The van der Waals surface area contributed by atoms with E-state index in [0.717, 1.165) is 38.5 Å². The van der Waals surface area contributed by atoms with E-state index in [9.17, 15) is 15.0 Å². The molecule has 0 aliphatic rings. The van der Waals surface area contributed by atoms with Crippen molar-refractivity contribution in [2.75, 3.05) is 6.61 Å². The molecule has 2 atom stereocenters. The van der Waals surface area contributed by atoms with Gasteiger partial charge < -0.3 is 15.5 Å². The fraction of sp³-hybridized carbons (Fsp3) is 0.757. The molecule has 0 saturated carbocycles. The van der Waals surface area contributed by atoms with Gasteiger partial charge in [0.25, 0.3) is 0 Å². The highest BCUT2D eigenvalue weighted by Gasteiger charge is 2.17. The predicted octanol–water partition coefficient (Wildman–Crippen LogP) is 10.1. The Labute approximate surface area is 254 Å². The summed E-state index contributed by atoms with van der Waals surface area (Å²) in [5.74, 6) is -0.0871. The molecule has 0 heterocycles. The van der Waals surface area contributed by atoms with Crippen molar-refractivity contribution in [1.29, 1.82) is 0 Å². The smallest absolute Gasteiger partial charge is 0.220 e. The number of aliphatic hydroxyl groups excluding tert-OH is 2. The zero-order valence-electron chi connectivity index (χ0n) is 27.0. The Morgan fingerprint density at radius 1 is 0.561 bits per heavy atom. The van der Waals surface area contributed by atoms with Crippen LogP contribution in [0.3, 0.4) is 0 Å². The van der Waals surface area contributed by atoms with Crippen molar-refractivity contribution < 1.29 is 15.0 Å². The van der Waals surface area contributed by atoms with Crippen molar-refractivity contribution in [2.45, 2.75) is 174 Å². The van der Waals surface area contributed by atoms with Crippen LogP contribution in [0.5, 0.6) is 0 Å². The SMILES string of the molecule is CCCCCC/C=C\CCCCCCCCCC(=O)NC(CO)C(O)/C=C/CC/C=C/CC/C=C/CCCCCC. The van der Waals surface area contributed by atoms with Gasteiger partial charge in [-0.1, -0.05) is 133 Å². The number of hydrogen-bond acceptors (Lipinski definition) is 3. The van der Waals surface area contributed by atoms with E-state index in [4.69, 9.17) is 0 Å². The van der Waals surface area contributed by atoms with Gasteiger partial charge in [-0.3, -0.25) is 4.79 Å². The van der Waals surface area contributed by atoms with Crippen LogP contribution in [0.1, 0.15) is 162 Å². The minimum Gasteiger partial charge on any atom is -0.394 e. The van der Waals surface area contributed by atoms with E-state index in [2.05, 4.69) is 55.6 Å². The van der Waals surface area contributed by atoms with E-state index in [1.165, 1.54) is 103 Å². The summed E-state index contributed by atoms with van der Waals surface area (Å²) >= 11 is 0. The molecule has 0 aromatic carbocycles. The van der Waals surface area contributed by atoms with Crippen molar-refractivity contribution in [2.24, 2.45) is 0 Å². The molecule has 0 aromatic heterocycles. The Hall–Kier alpha value is -1.65. The van der Waals surface area contributed by atoms with Crippen LogP contribution in [0, 0.1) is 0 Å². The van der Waals surface area contributed by atoms with Crippen molar-refractivity contribution in [3.05, 3.63) is 48.6 Å². The van der Waals surface area contributed by atoms with Crippen LogP contribution in [0.2, 0.25) is 0 Å². The summed E-state index contributed by atoms with van der Waals surface area (Å²) in [6.07, 6.45) is 43.3. The standard InChI is InChI=1S/C37H67NO3/c1-3-5-7-9-11-13-15-17-19-21-23-25-27-29-31-33-37(41)38-35(34-39)36(40)32-30-28-26-24-22-20-18-16-14-12-10-8-6-4-2/h13-16,22,24,30,32,35-36,39-40H,3-12,17-21,23,25-29,31,33-34H2,1-2H3,(H,38,41)/b15-13-,16-14+,24-22+,32-30+. The van der Waals surface area contributed by atoms with Crippen LogP contribution in [0.4, 0.5) is 0 Å². The molecule has 238 valence electrons. The average molecular weight is 574 g/mol. The zero-order chi connectivity index (χ0) is 30.1. The van der Waals surface area contributed by atoms with Crippen molar-refractivity contribution in [3.63, 3.8) is 0 Å². The molecule has 0 spiro atoms. The van der Waals surface area contributed by atoms with E-state index in [0.29, 0.717) is 6.42 Å². The number of nitrogens with one attached hydrogen (secondary N) is 1. The van der Waals surface area contributed by atoms with Gasteiger partial charge in [0.1, 0.15) is 0 Å². The van der Waals surface area contributed by atoms with E-state index < -0.39 is 12.1 Å². The fourth-order valence-electron chi connectivity index (χ4n) is 4.79. The van der Waals surface area contributed by atoms with E-state index in [1.54, 1.807) is 6.08 Å². The van der Waals surface area contributed by atoms with Crippen molar-refractivity contribution in [3.8, 4) is 0 Å². The van der Waals surface area contributed by atoms with E-state index in [-0.39, 0.29) is 12.5 Å². The van der Waals surface area contributed by atoms with Gasteiger partial charge >= 0.3 is 0 Å². The summed E-state index contributed by atoms with van der Waals surface area (Å²) in [5, 5.41) is 22.8. The molecule has 4 nitrogen and oxygen atoms in total. The van der Waals surface area contributed by atoms with E-state index in [1.807, 2.05) is 6.08 Å². The first-order valence-corrected chi connectivity index (χ1v) is 17.4. The maximum absolute atomic E-state index is 12.3. The van der Waals surface area contributed by atoms with Gasteiger partial charge in [0.2, 0.25) is 5.91 Å². The zero-order valence-corrected chi connectivity index (χ0v) is 27.0. The Bertz CT molecular complexity index is 667. The molecule has 2 unspecified atom stereocenters. The number of unbranched alkanes of at least 4 members (excludes halogenated alkanes) is 17. The maximum Gasteiger partial charge on any atom is 0.220 e. The third-order valence-corrected chi connectivity index (χ3v) is 7.51. The van der Waals surface area contributed by atoms with Crippen LogP contribution in [-0.4, -0.2) is 34.9 Å². The molecule has 0 bridgehead atoms. The lowest BCUT2D eigenvalue weighted by Crippen LogP contribution is -2.45. The Morgan fingerprint density at radius 2 is 0.951 bits per heavy atom. The first-order chi connectivity index (χ1) is 20.2. The Balaban J connectivity index is 3.74. The number of aliphatic hydroxyl groups is 2. The molecule has 0 saturated heterocycles. The van der Waals surface area contributed by atoms with Crippen LogP contribution in [0.15, 0.2) is 48.6 Å². The lowest BCUT2D eigenvalue weighted by atomic mass is 10.1. The second-order valence-corrected chi connectivity index (χ2v) is 11.6. The summed E-state index contributed by atoms with van der Waals surface area (Å²) < 4.78 is 0. The summed E-state index contributed by atoms with van der Waals surface area (Å²) in [4.78, 5) is 12.3. The van der Waals surface area contributed by atoms with Crippen LogP contribution < -0.4 is 5.32 Å². The normalized spacial score (nSPS) is 13.8. The predicted molar refractivity (Wildman–Crippen MR) is 179 cm³/mol. The Morgan fingerprint density at radius 3 is 1.41 bits per heavy atom. The van der Waals surface area contributed by atoms with E-state index >= 15 is 0 Å². The molecule has 0 aliphatic carbocycles. The van der Waals surface area contributed by atoms with Gasteiger partial charge in [-0.15, -0.1) is 0 Å². The first-order valence-electron chi connectivity index (χ1n) is 17.4. The maximum atomic E-state index is 12.3. The number of allylic oxidation sites excluding steroid dienone is 7. The quantitative estimate of drug-likeness (QED) is 0.0591. The summed E-state index contributed by atoms with van der Waals surface area (Å²) in [7, 11) is 0. The molecule has 3 N–H and O–H groups in total. The Kier molecular flexibility index (Phi) is 31.5. The molecule has 0 aliphatic heterocycles. The number of rotatable bonds is 30. The molecular weight excluding hydrogens is 506 g/mol. The summed E-state index contributed by atoms with van der Waals surface area (Å²) in [5.41, 5.74) is 0. The lowest BCUT2D eigenvalue weighted by molar-refractivity contribution is -0.123. The molecule has 1 amide bonds. The molecule has 0 radical (unpaired) electrons. The van der Waals surface area contributed by atoms with Crippen LogP contribution >= 0.6 is 0 Å².